The summed E-state index contributed by atoms with van der Waals surface area (Å²) >= 11 is 0. The molecule has 0 aliphatic carbocycles. The molecular formula is C19H26N4O4. The summed E-state index contributed by atoms with van der Waals surface area (Å²) in [6.45, 7) is 5.19. The second kappa shape index (κ2) is 8.37. The molecule has 146 valence electrons. The number of carbonyl (C=O) groups is 2. The van der Waals surface area contributed by atoms with Gasteiger partial charge in [-0.05, 0) is 37.7 Å². The van der Waals surface area contributed by atoms with Crippen LogP contribution in [0.3, 0.4) is 0 Å². The topological polar surface area (TPSA) is 95.8 Å². The van der Waals surface area contributed by atoms with E-state index < -0.39 is 10.8 Å². The molecule has 0 aromatic heterocycles. The minimum atomic E-state index is -0.506. The number of benzene rings is 1. The van der Waals surface area contributed by atoms with E-state index in [2.05, 4.69) is 17.1 Å². The number of nitrogens with one attached hydrogen (secondary N) is 1. The van der Waals surface area contributed by atoms with Crippen LogP contribution in [0.15, 0.2) is 18.2 Å². The minimum absolute atomic E-state index is 0.0853. The fourth-order valence-electron chi connectivity index (χ4n) is 3.67. The fraction of sp³-hybridized carbons (Fsp3) is 0.579. The quantitative estimate of drug-likeness (QED) is 0.629. The molecule has 2 saturated heterocycles. The molecule has 0 spiro atoms. The number of rotatable bonds is 5. The third kappa shape index (κ3) is 4.56. The van der Waals surface area contributed by atoms with Crippen LogP contribution in [0.2, 0.25) is 0 Å². The molecule has 2 heterocycles. The van der Waals surface area contributed by atoms with Crippen molar-refractivity contribution >= 4 is 23.2 Å². The van der Waals surface area contributed by atoms with Gasteiger partial charge in [-0.1, -0.05) is 6.92 Å². The number of piperidine rings is 1. The number of non-ortho nitro benzene ring substituents is 1. The lowest BCUT2D eigenvalue weighted by Crippen LogP contribution is -2.39. The summed E-state index contributed by atoms with van der Waals surface area (Å²) in [5.74, 6) is 0.0779. The lowest BCUT2D eigenvalue weighted by atomic mass is 9.98. The van der Waals surface area contributed by atoms with Gasteiger partial charge in [0.1, 0.15) is 0 Å². The highest BCUT2D eigenvalue weighted by Gasteiger charge is 2.24. The summed E-state index contributed by atoms with van der Waals surface area (Å²) in [5, 5.41) is 13.8. The molecule has 27 heavy (non-hydrogen) atoms. The van der Waals surface area contributed by atoms with Crippen LogP contribution in [0.25, 0.3) is 0 Å². The lowest BCUT2D eigenvalue weighted by Gasteiger charge is -2.33. The number of anilines is 1. The predicted octanol–water partition coefficient (Wildman–Crippen LogP) is 2.18. The molecule has 0 radical (unpaired) electrons. The van der Waals surface area contributed by atoms with Gasteiger partial charge in [0, 0.05) is 38.3 Å². The zero-order chi connectivity index (χ0) is 19.4. The van der Waals surface area contributed by atoms with Crippen LogP contribution in [-0.2, 0) is 4.79 Å². The van der Waals surface area contributed by atoms with Gasteiger partial charge in [0.2, 0.25) is 5.91 Å². The van der Waals surface area contributed by atoms with Crippen LogP contribution in [0.4, 0.5) is 11.4 Å². The number of likely N-dealkylation sites (tertiary alicyclic amines) is 1. The van der Waals surface area contributed by atoms with E-state index in [0.717, 1.165) is 51.9 Å². The Morgan fingerprint density at radius 3 is 2.48 bits per heavy atom. The number of nitrogens with zero attached hydrogens (tertiary/aromatic N) is 3. The first kappa shape index (κ1) is 19.1. The second-order valence-electron chi connectivity index (χ2n) is 7.40. The van der Waals surface area contributed by atoms with E-state index in [1.165, 1.54) is 12.1 Å². The van der Waals surface area contributed by atoms with Crippen LogP contribution >= 0.6 is 0 Å². The first-order valence-electron chi connectivity index (χ1n) is 9.55. The first-order valence-corrected chi connectivity index (χ1v) is 9.55. The van der Waals surface area contributed by atoms with Gasteiger partial charge in [0.05, 0.1) is 22.7 Å². The Balaban J connectivity index is 1.76. The van der Waals surface area contributed by atoms with Crippen molar-refractivity contribution in [2.45, 2.75) is 32.6 Å². The van der Waals surface area contributed by atoms with Gasteiger partial charge in [0.25, 0.3) is 11.6 Å². The smallest absolute Gasteiger partial charge is 0.270 e. The van der Waals surface area contributed by atoms with E-state index in [1.54, 1.807) is 11.0 Å². The van der Waals surface area contributed by atoms with Crippen molar-refractivity contribution in [1.82, 2.24) is 10.2 Å². The Hall–Kier alpha value is -2.64. The normalized spacial score (nSPS) is 17.8. The Labute approximate surface area is 158 Å². The third-order valence-electron chi connectivity index (χ3n) is 5.42. The van der Waals surface area contributed by atoms with Crippen LogP contribution in [0.5, 0.6) is 0 Å². The number of nitro benzene ring substituents is 1. The lowest BCUT2D eigenvalue weighted by molar-refractivity contribution is -0.384. The molecule has 0 atom stereocenters. The molecule has 3 rings (SSSR count). The predicted molar refractivity (Wildman–Crippen MR) is 102 cm³/mol. The monoisotopic (exact) mass is 374 g/mol. The van der Waals surface area contributed by atoms with Crippen molar-refractivity contribution < 1.29 is 14.5 Å². The second-order valence-corrected chi connectivity index (χ2v) is 7.40. The van der Waals surface area contributed by atoms with Gasteiger partial charge in [-0.25, -0.2) is 0 Å². The van der Waals surface area contributed by atoms with Crippen molar-refractivity contribution in [3.8, 4) is 0 Å². The van der Waals surface area contributed by atoms with E-state index in [0.29, 0.717) is 11.6 Å². The number of hydrogen-bond acceptors (Lipinski definition) is 5. The average molecular weight is 374 g/mol. The molecule has 2 aliphatic heterocycles. The third-order valence-corrected chi connectivity index (χ3v) is 5.42. The first-order chi connectivity index (χ1) is 13.0. The van der Waals surface area contributed by atoms with Gasteiger partial charge >= 0.3 is 0 Å². The largest absolute Gasteiger partial charge is 0.371 e. The molecule has 8 nitrogen and oxygen atoms in total. The van der Waals surface area contributed by atoms with Crippen LogP contribution in [-0.4, -0.2) is 54.4 Å². The van der Waals surface area contributed by atoms with E-state index in [1.807, 2.05) is 0 Å². The number of hydrogen-bond donors (Lipinski definition) is 1. The van der Waals surface area contributed by atoms with Crippen molar-refractivity contribution in [2.24, 2.45) is 5.92 Å². The van der Waals surface area contributed by atoms with E-state index in [4.69, 9.17) is 0 Å². The van der Waals surface area contributed by atoms with Crippen LogP contribution < -0.4 is 10.2 Å². The average Bonchev–Trinajstić information content (AvgIpc) is 3.21. The van der Waals surface area contributed by atoms with Crippen molar-refractivity contribution in [1.29, 1.82) is 0 Å². The van der Waals surface area contributed by atoms with Crippen molar-refractivity contribution in [3.63, 3.8) is 0 Å². The molecule has 0 unspecified atom stereocenters. The van der Waals surface area contributed by atoms with E-state index in [9.17, 15) is 19.7 Å². The standard InChI is InChI=1S/C19H26N4O4/c1-14-6-10-21(11-7-14)17-5-4-15(23(26)27)12-16(17)19(25)20-13-18(24)22-8-2-3-9-22/h4-5,12,14H,2-3,6-11,13H2,1H3,(H,20,25). The maximum atomic E-state index is 12.7. The highest BCUT2D eigenvalue weighted by atomic mass is 16.6. The van der Waals surface area contributed by atoms with Gasteiger partial charge < -0.3 is 15.1 Å². The highest BCUT2D eigenvalue weighted by molar-refractivity contribution is 6.02. The number of amides is 2. The molecule has 0 saturated carbocycles. The molecule has 1 N–H and O–H groups in total. The Morgan fingerprint density at radius 1 is 1.19 bits per heavy atom. The highest BCUT2D eigenvalue weighted by Crippen LogP contribution is 2.29. The SMILES string of the molecule is CC1CCN(c2ccc([N+](=O)[O-])cc2C(=O)NCC(=O)N2CCCC2)CC1. The summed E-state index contributed by atoms with van der Waals surface area (Å²) in [7, 11) is 0. The molecule has 0 bridgehead atoms. The fourth-order valence-corrected chi connectivity index (χ4v) is 3.67. The van der Waals surface area contributed by atoms with Gasteiger partial charge in [0.15, 0.2) is 0 Å². The van der Waals surface area contributed by atoms with Gasteiger partial charge in [-0.2, -0.15) is 0 Å². The summed E-state index contributed by atoms with van der Waals surface area (Å²) in [6, 6.07) is 4.38. The van der Waals surface area contributed by atoms with Gasteiger partial charge in [-0.3, -0.25) is 19.7 Å². The Bertz CT molecular complexity index is 722. The van der Waals surface area contributed by atoms with E-state index in [-0.39, 0.29) is 23.7 Å². The Kier molecular flexibility index (Phi) is 5.93. The number of carbonyl (C=O) groups excluding carboxylic acids is 2. The molecule has 2 fully saturated rings. The molecule has 1 aromatic carbocycles. The number of nitro groups is 1. The zero-order valence-electron chi connectivity index (χ0n) is 15.6. The summed E-state index contributed by atoms with van der Waals surface area (Å²) in [4.78, 5) is 39.4. The van der Waals surface area contributed by atoms with Gasteiger partial charge in [-0.15, -0.1) is 0 Å². The maximum Gasteiger partial charge on any atom is 0.270 e. The van der Waals surface area contributed by atoms with E-state index >= 15 is 0 Å². The zero-order valence-corrected chi connectivity index (χ0v) is 15.6. The molecule has 1 aromatic rings. The van der Waals surface area contributed by atoms with Crippen LogP contribution in [0, 0.1) is 16.0 Å². The molecule has 2 amide bonds. The summed E-state index contributed by atoms with van der Waals surface area (Å²) in [5.41, 5.74) is 0.826. The summed E-state index contributed by atoms with van der Waals surface area (Å²) < 4.78 is 0. The molecule has 2 aliphatic rings. The van der Waals surface area contributed by atoms with Crippen LogP contribution in [0.1, 0.15) is 43.0 Å². The minimum Gasteiger partial charge on any atom is -0.371 e. The maximum absolute atomic E-state index is 12.7. The molecule has 8 heteroatoms. The van der Waals surface area contributed by atoms with Crippen molar-refractivity contribution in [2.75, 3.05) is 37.6 Å². The Morgan fingerprint density at radius 2 is 1.85 bits per heavy atom. The molecular weight excluding hydrogens is 348 g/mol. The van der Waals surface area contributed by atoms with Crippen molar-refractivity contribution in [3.05, 3.63) is 33.9 Å². The summed E-state index contributed by atoms with van der Waals surface area (Å²) in [6.07, 6.45) is 4.02.